The van der Waals surface area contributed by atoms with E-state index < -0.39 is 26.7 Å². The van der Waals surface area contributed by atoms with Gasteiger partial charge < -0.3 is 0 Å². The molecule has 29 heavy (non-hydrogen) atoms. The zero-order chi connectivity index (χ0) is 21.4. The molecule has 10 heteroatoms. The Bertz CT molecular complexity index is 1170. The van der Waals surface area contributed by atoms with Crippen LogP contribution in [-0.4, -0.2) is 14.2 Å². The largest absolute Gasteiger partial charge is 0.416 e. The number of rotatable bonds is 5. The van der Waals surface area contributed by atoms with Crippen molar-refractivity contribution in [2.45, 2.75) is 18.0 Å². The van der Waals surface area contributed by atoms with Crippen LogP contribution in [0.5, 0.6) is 0 Å². The van der Waals surface area contributed by atoms with Crippen LogP contribution in [0.2, 0.25) is 5.02 Å². The first kappa shape index (κ1) is 21.4. The van der Waals surface area contributed by atoms with Crippen molar-refractivity contribution in [1.29, 1.82) is 0 Å². The number of anilines is 1. The molecule has 0 unspecified atom stereocenters. The average molecular weight is 460 g/mol. The number of carbonyl (C=O) groups is 1. The van der Waals surface area contributed by atoms with Gasteiger partial charge in [-0.3, -0.25) is 9.52 Å². The van der Waals surface area contributed by atoms with Crippen LogP contribution in [0.25, 0.3) is 10.4 Å². The summed E-state index contributed by atoms with van der Waals surface area (Å²) < 4.78 is 66.2. The summed E-state index contributed by atoms with van der Waals surface area (Å²) in [5.74, 6) is -0.378. The number of carbonyl (C=O) groups excluding carboxylic acids is 1. The zero-order valence-electron chi connectivity index (χ0n) is 14.7. The first-order chi connectivity index (χ1) is 13.5. The number of Topliss-reactive ketones (excluding diaryl/α,β-unsaturated/α-hetero) is 1. The second-order valence-corrected chi connectivity index (χ2v) is 9.22. The standard InChI is InChI=1S/C19H13ClF3NO3S2/c1-11(25)18-16(10-17(28-18)12-5-7-14(20)8-6-12)24-29(26,27)15-4-2-3-13(9-15)19(21,22)23/h2-10,24H,1H3. The molecular formula is C19H13ClF3NO3S2. The van der Waals surface area contributed by atoms with Gasteiger partial charge in [0, 0.05) is 16.8 Å². The second-order valence-electron chi connectivity index (χ2n) is 6.05. The van der Waals surface area contributed by atoms with Crippen LogP contribution < -0.4 is 4.72 Å². The minimum Gasteiger partial charge on any atom is -0.294 e. The number of alkyl halides is 3. The fourth-order valence-corrected chi connectivity index (χ4v) is 4.84. The molecule has 1 aromatic heterocycles. The Labute approximate surface area is 174 Å². The van der Waals surface area contributed by atoms with Crippen molar-refractivity contribution in [2.75, 3.05) is 4.72 Å². The third-order valence-corrected chi connectivity index (χ3v) is 6.80. The van der Waals surface area contributed by atoms with Crippen LogP contribution >= 0.6 is 22.9 Å². The highest BCUT2D eigenvalue weighted by molar-refractivity contribution is 7.92. The number of halogens is 4. The fourth-order valence-electron chi connectivity index (χ4n) is 2.53. The maximum atomic E-state index is 12.9. The van der Waals surface area contributed by atoms with Gasteiger partial charge in [-0.2, -0.15) is 13.2 Å². The van der Waals surface area contributed by atoms with Crippen molar-refractivity contribution in [3.8, 4) is 10.4 Å². The molecule has 1 N–H and O–H groups in total. The van der Waals surface area contributed by atoms with E-state index in [-0.39, 0.29) is 16.3 Å². The van der Waals surface area contributed by atoms with Gasteiger partial charge in [0.15, 0.2) is 5.78 Å². The molecule has 3 aromatic rings. The van der Waals surface area contributed by atoms with E-state index in [1.165, 1.54) is 13.0 Å². The van der Waals surface area contributed by atoms with Crippen LogP contribution in [0.1, 0.15) is 22.2 Å². The van der Waals surface area contributed by atoms with Crippen LogP contribution in [-0.2, 0) is 16.2 Å². The Morgan fingerprint density at radius 2 is 1.72 bits per heavy atom. The molecule has 0 radical (unpaired) electrons. The van der Waals surface area contributed by atoms with Crippen molar-refractivity contribution >= 4 is 44.4 Å². The van der Waals surface area contributed by atoms with Crippen LogP contribution in [0.4, 0.5) is 18.9 Å². The molecule has 0 atom stereocenters. The summed E-state index contributed by atoms with van der Waals surface area (Å²) in [6.07, 6.45) is -4.68. The SMILES string of the molecule is CC(=O)c1sc(-c2ccc(Cl)cc2)cc1NS(=O)(=O)c1cccc(C(F)(F)F)c1. The van der Waals surface area contributed by atoms with Gasteiger partial charge >= 0.3 is 6.18 Å². The average Bonchev–Trinajstić information content (AvgIpc) is 3.05. The Morgan fingerprint density at radius 1 is 1.07 bits per heavy atom. The quantitative estimate of drug-likeness (QED) is 0.469. The van der Waals surface area contributed by atoms with Gasteiger partial charge in [0.25, 0.3) is 10.0 Å². The molecule has 4 nitrogen and oxygen atoms in total. The number of nitrogens with one attached hydrogen (secondary N) is 1. The maximum absolute atomic E-state index is 12.9. The number of sulfonamides is 1. The molecule has 0 aliphatic carbocycles. The van der Waals surface area contributed by atoms with Gasteiger partial charge in [-0.25, -0.2) is 8.42 Å². The van der Waals surface area contributed by atoms with E-state index in [0.29, 0.717) is 21.5 Å². The highest BCUT2D eigenvalue weighted by atomic mass is 35.5. The van der Waals surface area contributed by atoms with Crippen LogP contribution in [0.15, 0.2) is 59.5 Å². The number of ketones is 1. The van der Waals surface area contributed by atoms with Gasteiger partial charge in [0.1, 0.15) is 0 Å². The van der Waals surface area contributed by atoms with E-state index in [4.69, 9.17) is 11.6 Å². The Kier molecular flexibility index (Phi) is 5.75. The lowest BCUT2D eigenvalue weighted by Crippen LogP contribution is -2.15. The van der Waals surface area contributed by atoms with E-state index in [2.05, 4.69) is 4.72 Å². The molecule has 0 aliphatic rings. The predicted molar refractivity (Wildman–Crippen MR) is 107 cm³/mol. The Morgan fingerprint density at radius 3 is 2.31 bits per heavy atom. The zero-order valence-corrected chi connectivity index (χ0v) is 17.1. The molecule has 1 heterocycles. The lowest BCUT2D eigenvalue weighted by Gasteiger charge is -2.11. The van der Waals surface area contributed by atoms with Crippen molar-refractivity contribution in [2.24, 2.45) is 0 Å². The summed E-state index contributed by atoms with van der Waals surface area (Å²) in [6.45, 7) is 1.28. The van der Waals surface area contributed by atoms with Gasteiger partial charge in [-0.05, 0) is 42.0 Å². The first-order valence-corrected chi connectivity index (χ1v) is 10.8. The summed E-state index contributed by atoms with van der Waals surface area (Å²) in [4.78, 5) is 12.2. The molecule has 3 rings (SSSR count). The number of hydrogen-bond donors (Lipinski definition) is 1. The Balaban J connectivity index is 2.00. The molecule has 0 bridgehead atoms. The second kappa shape index (κ2) is 7.81. The molecule has 2 aromatic carbocycles. The van der Waals surface area contributed by atoms with Crippen molar-refractivity contribution in [3.05, 3.63) is 70.1 Å². The van der Waals surface area contributed by atoms with Crippen LogP contribution in [0, 0.1) is 0 Å². The van der Waals surface area contributed by atoms with Crippen LogP contribution in [0.3, 0.4) is 0 Å². The maximum Gasteiger partial charge on any atom is 0.416 e. The monoisotopic (exact) mass is 459 g/mol. The molecule has 0 amide bonds. The summed E-state index contributed by atoms with van der Waals surface area (Å²) >= 11 is 6.93. The third-order valence-electron chi connectivity index (χ3n) is 3.90. The fraction of sp³-hybridized carbons (Fsp3) is 0.105. The first-order valence-electron chi connectivity index (χ1n) is 8.08. The number of hydrogen-bond acceptors (Lipinski definition) is 4. The minimum atomic E-state index is -4.68. The molecule has 0 fully saturated rings. The Hall–Kier alpha value is -2.36. The lowest BCUT2D eigenvalue weighted by molar-refractivity contribution is -0.137. The summed E-state index contributed by atoms with van der Waals surface area (Å²) in [5.41, 5.74) is -0.365. The highest BCUT2D eigenvalue weighted by Crippen LogP contribution is 2.37. The number of benzene rings is 2. The van der Waals surface area contributed by atoms with E-state index in [0.717, 1.165) is 29.5 Å². The summed E-state index contributed by atoms with van der Waals surface area (Å²) in [5, 5.41) is 0.516. The summed E-state index contributed by atoms with van der Waals surface area (Å²) in [7, 11) is -4.34. The highest BCUT2D eigenvalue weighted by Gasteiger charge is 2.32. The van der Waals surface area contributed by atoms with E-state index in [1.54, 1.807) is 24.3 Å². The smallest absolute Gasteiger partial charge is 0.294 e. The van der Waals surface area contributed by atoms with Gasteiger partial charge in [-0.1, -0.05) is 29.8 Å². The van der Waals surface area contributed by atoms with Crippen molar-refractivity contribution < 1.29 is 26.4 Å². The van der Waals surface area contributed by atoms with E-state index in [9.17, 15) is 26.4 Å². The minimum absolute atomic E-state index is 0.00450. The molecule has 152 valence electrons. The number of thiophene rings is 1. The van der Waals surface area contributed by atoms with Crippen molar-refractivity contribution in [1.82, 2.24) is 0 Å². The molecule has 0 aliphatic heterocycles. The lowest BCUT2D eigenvalue weighted by atomic mass is 10.2. The van der Waals surface area contributed by atoms with Gasteiger partial charge in [0.2, 0.25) is 0 Å². The molecule has 0 saturated carbocycles. The summed E-state index contributed by atoms with van der Waals surface area (Å²) in [6, 6.07) is 11.6. The topological polar surface area (TPSA) is 63.2 Å². The molecular weight excluding hydrogens is 447 g/mol. The molecule has 0 saturated heterocycles. The molecule has 0 spiro atoms. The van der Waals surface area contributed by atoms with Gasteiger partial charge in [-0.15, -0.1) is 11.3 Å². The van der Waals surface area contributed by atoms with E-state index in [1.807, 2.05) is 0 Å². The van der Waals surface area contributed by atoms with Gasteiger partial charge in [0.05, 0.1) is 21.0 Å². The third kappa shape index (κ3) is 4.80. The van der Waals surface area contributed by atoms with Crippen molar-refractivity contribution in [3.63, 3.8) is 0 Å². The normalized spacial score (nSPS) is 12.0. The van der Waals surface area contributed by atoms with E-state index >= 15 is 0 Å². The predicted octanol–water partition coefficient (Wildman–Crippen LogP) is 6.09.